The van der Waals surface area contributed by atoms with Crippen LogP contribution in [0.5, 0.6) is 0 Å². The molecule has 0 atom stereocenters. The summed E-state index contributed by atoms with van der Waals surface area (Å²) in [5.41, 5.74) is 0.522. The molecule has 0 radical (unpaired) electrons. The Bertz CT molecular complexity index is 447. The molecule has 112 valence electrons. The molecule has 1 heterocycles. The quantitative estimate of drug-likeness (QED) is 0.867. The average molecular weight is 281 g/mol. The normalized spacial score (nSPS) is 11.8. The van der Waals surface area contributed by atoms with Crippen molar-refractivity contribution in [3.8, 4) is 0 Å². The van der Waals surface area contributed by atoms with Crippen LogP contribution in [0.25, 0.3) is 6.08 Å². The summed E-state index contributed by atoms with van der Waals surface area (Å²) in [6.45, 7) is 7.14. The summed E-state index contributed by atoms with van der Waals surface area (Å²) in [5, 5.41) is 6.89. The van der Waals surface area contributed by atoms with Gasteiger partial charge in [-0.2, -0.15) is 5.10 Å². The molecule has 20 heavy (non-hydrogen) atoms. The Labute approximate surface area is 119 Å². The highest BCUT2D eigenvalue weighted by atomic mass is 16.6. The molecule has 6 heteroatoms. The Kier molecular flexibility index (Phi) is 6.24. The zero-order valence-electron chi connectivity index (χ0n) is 12.5. The van der Waals surface area contributed by atoms with Crippen molar-refractivity contribution in [1.29, 1.82) is 0 Å². The van der Waals surface area contributed by atoms with Crippen molar-refractivity contribution < 1.29 is 14.3 Å². The second-order valence-electron chi connectivity index (χ2n) is 5.32. The Morgan fingerprint density at radius 3 is 2.90 bits per heavy atom. The van der Waals surface area contributed by atoms with Gasteiger partial charge in [0.2, 0.25) is 0 Å². The van der Waals surface area contributed by atoms with Gasteiger partial charge in [-0.1, -0.05) is 12.2 Å². The highest BCUT2D eigenvalue weighted by Crippen LogP contribution is 2.06. The predicted molar refractivity (Wildman–Crippen MR) is 77.4 cm³/mol. The van der Waals surface area contributed by atoms with E-state index in [4.69, 9.17) is 9.47 Å². The summed E-state index contributed by atoms with van der Waals surface area (Å²) in [4.78, 5) is 11.4. The molecule has 0 fully saturated rings. The van der Waals surface area contributed by atoms with Crippen LogP contribution in [-0.2, 0) is 16.0 Å². The second kappa shape index (κ2) is 7.69. The first-order chi connectivity index (χ1) is 9.40. The predicted octanol–water partition coefficient (Wildman–Crippen LogP) is 2.07. The lowest BCUT2D eigenvalue weighted by molar-refractivity contribution is 0.0525. The van der Waals surface area contributed by atoms with E-state index in [1.165, 1.54) is 0 Å². The third-order valence-corrected chi connectivity index (χ3v) is 2.24. The summed E-state index contributed by atoms with van der Waals surface area (Å²) >= 11 is 0. The van der Waals surface area contributed by atoms with Crippen LogP contribution in [0.1, 0.15) is 26.3 Å². The van der Waals surface area contributed by atoms with Gasteiger partial charge in [0.1, 0.15) is 5.60 Å². The van der Waals surface area contributed by atoms with Crippen LogP contribution in [0.3, 0.4) is 0 Å². The molecular weight excluding hydrogens is 258 g/mol. The van der Waals surface area contributed by atoms with E-state index in [9.17, 15) is 4.79 Å². The van der Waals surface area contributed by atoms with E-state index in [0.29, 0.717) is 19.7 Å². The average Bonchev–Trinajstić information content (AvgIpc) is 2.75. The first-order valence-electron chi connectivity index (χ1n) is 6.55. The monoisotopic (exact) mass is 281 g/mol. The fourth-order valence-electron chi connectivity index (χ4n) is 1.46. The van der Waals surface area contributed by atoms with E-state index < -0.39 is 11.7 Å². The molecular formula is C14H23N3O3. The molecule has 0 aliphatic carbocycles. The number of nitrogens with one attached hydrogen (secondary N) is 1. The first-order valence-corrected chi connectivity index (χ1v) is 6.55. The van der Waals surface area contributed by atoms with Crippen LogP contribution < -0.4 is 5.32 Å². The standard InChI is InChI=1S/C14H23N3O3/c1-14(2,3)20-13(18)15-7-8-17-11-12(10-16-17)6-5-9-19-4/h5-6,10-11H,7-9H2,1-4H3,(H,15,18). The van der Waals surface area contributed by atoms with Crippen molar-refractivity contribution in [3.63, 3.8) is 0 Å². The van der Waals surface area contributed by atoms with Gasteiger partial charge in [0, 0.05) is 25.4 Å². The van der Waals surface area contributed by atoms with Gasteiger partial charge in [-0.15, -0.1) is 0 Å². The number of nitrogens with zero attached hydrogens (tertiary/aromatic N) is 2. The molecule has 0 saturated heterocycles. The van der Waals surface area contributed by atoms with Crippen molar-refractivity contribution in [2.45, 2.75) is 32.9 Å². The number of ether oxygens (including phenoxy) is 2. The molecule has 1 aromatic heterocycles. The molecule has 0 aliphatic rings. The van der Waals surface area contributed by atoms with Gasteiger partial charge < -0.3 is 14.8 Å². The molecule has 1 aromatic rings. The molecule has 6 nitrogen and oxygen atoms in total. The van der Waals surface area contributed by atoms with Crippen molar-refractivity contribution in [1.82, 2.24) is 15.1 Å². The Hall–Kier alpha value is -1.82. The maximum atomic E-state index is 11.4. The summed E-state index contributed by atoms with van der Waals surface area (Å²) in [6.07, 6.45) is 7.11. The SMILES string of the molecule is COCC=Cc1cnn(CCNC(=O)OC(C)(C)C)c1. The van der Waals surface area contributed by atoms with E-state index >= 15 is 0 Å². The number of carbonyl (C=O) groups is 1. The topological polar surface area (TPSA) is 65.4 Å². The number of alkyl carbamates (subject to hydrolysis) is 1. The van der Waals surface area contributed by atoms with Crippen LogP contribution in [0, 0.1) is 0 Å². The number of amides is 1. The summed E-state index contributed by atoms with van der Waals surface area (Å²) in [5.74, 6) is 0. The Morgan fingerprint density at radius 2 is 2.25 bits per heavy atom. The summed E-state index contributed by atoms with van der Waals surface area (Å²) in [7, 11) is 1.65. The zero-order valence-corrected chi connectivity index (χ0v) is 12.5. The van der Waals surface area contributed by atoms with Crippen LogP contribution >= 0.6 is 0 Å². The third kappa shape index (κ3) is 6.94. The number of hydrogen-bond donors (Lipinski definition) is 1. The van der Waals surface area contributed by atoms with E-state index in [2.05, 4.69) is 10.4 Å². The molecule has 0 unspecified atom stereocenters. The van der Waals surface area contributed by atoms with Crippen molar-refractivity contribution in [3.05, 3.63) is 24.0 Å². The molecule has 1 rings (SSSR count). The molecule has 1 amide bonds. The molecule has 0 bridgehead atoms. The number of hydrogen-bond acceptors (Lipinski definition) is 4. The smallest absolute Gasteiger partial charge is 0.407 e. The first kappa shape index (κ1) is 16.2. The van der Waals surface area contributed by atoms with Gasteiger partial charge in [-0.3, -0.25) is 4.68 Å². The van der Waals surface area contributed by atoms with Crippen LogP contribution in [-0.4, -0.2) is 41.7 Å². The largest absolute Gasteiger partial charge is 0.444 e. The Morgan fingerprint density at radius 1 is 1.50 bits per heavy atom. The number of methoxy groups -OCH3 is 1. The van der Waals surface area contributed by atoms with Crippen LogP contribution in [0.2, 0.25) is 0 Å². The van der Waals surface area contributed by atoms with Gasteiger partial charge in [-0.05, 0) is 20.8 Å². The number of carbonyl (C=O) groups excluding carboxylic acids is 1. The lowest BCUT2D eigenvalue weighted by Crippen LogP contribution is -2.34. The van der Waals surface area contributed by atoms with Gasteiger partial charge in [0.05, 0.1) is 19.3 Å². The van der Waals surface area contributed by atoms with Crippen LogP contribution in [0.15, 0.2) is 18.5 Å². The van der Waals surface area contributed by atoms with Gasteiger partial charge in [-0.25, -0.2) is 4.79 Å². The Balaban J connectivity index is 2.30. The molecule has 0 saturated carbocycles. The molecule has 0 spiro atoms. The minimum absolute atomic E-state index is 0.412. The zero-order chi connectivity index (χ0) is 15.0. The van der Waals surface area contributed by atoms with E-state index in [1.807, 2.05) is 39.1 Å². The van der Waals surface area contributed by atoms with Crippen molar-refractivity contribution >= 4 is 12.2 Å². The number of rotatable bonds is 6. The van der Waals surface area contributed by atoms with E-state index in [0.717, 1.165) is 5.56 Å². The lowest BCUT2D eigenvalue weighted by Gasteiger charge is -2.19. The van der Waals surface area contributed by atoms with Crippen LogP contribution in [0.4, 0.5) is 4.79 Å². The highest BCUT2D eigenvalue weighted by molar-refractivity contribution is 5.67. The highest BCUT2D eigenvalue weighted by Gasteiger charge is 2.15. The fraction of sp³-hybridized carbons (Fsp3) is 0.571. The molecule has 0 aromatic carbocycles. The summed E-state index contributed by atoms with van der Waals surface area (Å²) in [6, 6.07) is 0. The van der Waals surface area contributed by atoms with E-state index in [1.54, 1.807) is 18.0 Å². The summed E-state index contributed by atoms with van der Waals surface area (Å²) < 4.78 is 11.8. The number of aromatic nitrogens is 2. The molecule has 1 N–H and O–H groups in total. The van der Waals surface area contributed by atoms with Crippen molar-refractivity contribution in [2.24, 2.45) is 0 Å². The third-order valence-electron chi connectivity index (χ3n) is 2.24. The fourth-order valence-corrected chi connectivity index (χ4v) is 1.46. The van der Waals surface area contributed by atoms with Gasteiger partial charge in [0.25, 0.3) is 0 Å². The second-order valence-corrected chi connectivity index (χ2v) is 5.32. The lowest BCUT2D eigenvalue weighted by atomic mass is 10.2. The maximum absolute atomic E-state index is 11.4. The molecule has 0 aliphatic heterocycles. The van der Waals surface area contributed by atoms with Gasteiger partial charge >= 0.3 is 6.09 Å². The van der Waals surface area contributed by atoms with Gasteiger partial charge in [0.15, 0.2) is 0 Å². The van der Waals surface area contributed by atoms with E-state index in [-0.39, 0.29) is 0 Å². The minimum atomic E-state index is -0.477. The van der Waals surface area contributed by atoms with Crippen molar-refractivity contribution in [2.75, 3.05) is 20.3 Å². The minimum Gasteiger partial charge on any atom is -0.444 e. The maximum Gasteiger partial charge on any atom is 0.407 e.